The molecule has 19 heavy (non-hydrogen) atoms. The Kier molecular flexibility index (Phi) is 3.75. The third kappa shape index (κ3) is 3.44. The van der Waals surface area contributed by atoms with Crippen molar-refractivity contribution in [2.45, 2.75) is 38.3 Å². The summed E-state index contributed by atoms with van der Waals surface area (Å²) in [5.41, 5.74) is -0.471. The number of carboxylic acids is 1. The quantitative estimate of drug-likeness (QED) is 0.828. The summed E-state index contributed by atoms with van der Waals surface area (Å²) in [5, 5.41) is 12.4. The van der Waals surface area contributed by atoms with Crippen LogP contribution in [-0.2, 0) is 4.79 Å². The standard InChI is InChI=1S/C14H18FNO3/c1-9-7-10(15)3-6-12(9)19-8-14(2,13(17)18)16-11-4-5-11/h3,6-7,11,16H,4-5,8H2,1-2H3,(H,17,18). The Hall–Kier alpha value is -1.62. The van der Waals surface area contributed by atoms with Crippen LogP contribution in [0.4, 0.5) is 4.39 Å². The highest BCUT2D eigenvalue weighted by atomic mass is 19.1. The van der Waals surface area contributed by atoms with E-state index in [0.29, 0.717) is 11.3 Å². The van der Waals surface area contributed by atoms with Crippen molar-refractivity contribution in [3.05, 3.63) is 29.6 Å². The van der Waals surface area contributed by atoms with Gasteiger partial charge in [-0.1, -0.05) is 0 Å². The molecular weight excluding hydrogens is 249 g/mol. The van der Waals surface area contributed by atoms with E-state index in [1.807, 2.05) is 0 Å². The number of aryl methyl sites for hydroxylation is 1. The fourth-order valence-corrected chi connectivity index (χ4v) is 1.84. The Balaban J connectivity index is 2.03. The lowest BCUT2D eigenvalue weighted by atomic mass is 10.0. The predicted molar refractivity (Wildman–Crippen MR) is 68.8 cm³/mol. The maximum atomic E-state index is 13.0. The Morgan fingerprint density at radius 3 is 2.79 bits per heavy atom. The van der Waals surface area contributed by atoms with Crippen LogP contribution in [0, 0.1) is 12.7 Å². The van der Waals surface area contributed by atoms with Gasteiger partial charge in [-0.05, 0) is 50.5 Å². The van der Waals surface area contributed by atoms with E-state index in [-0.39, 0.29) is 18.5 Å². The smallest absolute Gasteiger partial charge is 0.327 e. The zero-order chi connectivity index (χ0) is 14.0. The van der Waals surface area contributed by atoms with E-state index in [4.69, 9.17) is 4.74 Å². The maximum absolute atomic E-state index is 13.0. The van der Waals surface area contributed by atoms with E-state index < -0.39 is 11.5 Å². The van der Waals surface area contributed by atoms with Gasteiger partial charge in [0.1, 0.15) is 23.7 Å². The molecule has 0 radical (unpaired) electrons. The number of halogens is 1. The fraction of sp³-hybridized carbons (Fsp3) is 0.500. The Labute approximate surface area is 111 Å². The first-order chi connectivity index (χ1) is 8.90. The number of aliphatic carboxylic acids is 1. The van der Waals surface area contributed by atoms with E-state index in [0.717, 1.165) is 12.8 Å². The molecule has 1 saturated carbocycles. The molecule has 1 aliphatic rings. The van der Waals surface area contributed by atoms with Gasteiger partial charge in [-0.3, -0.25) is 10.1 Å². The SMILES string of the molecule is Cc1cc(F)ccc1OCC(C)(NC1CC1)C(=O)O. The summed E-state index contributed by atoms with van der Waals surface area (Å²) in [6, 6.07) is 4.44. The minimum Gasteiger partial charge on any atom is -0.491 e. The summed E-state index contributed by atoms with van der Waals surface area (Å²) in [6.07, 6.45) is 2.00. The van der Waals surface area contributed by atoms with Crippen LogP contribution in [0.5, 0.6) is 5.75 Å². The van der Waals surface area contributed by atoms with Crippen molar-refractivity contribution < 1.29 is 19.0 Å². The van der Waals surface area contributed by atoms with E-state index in [2.05, 4.69) is 5.32 Å². The summed E-state index contributed by atoms with van der Waals surface area (Å²) >= 11 is 0. The van der Waals surface area contributed by atoms with Crippen molar-refractivity contribution in [2.24, 2.45) is 0 Å². The molecule has 5 heteroatoms. The highest BCUT2D eigenvalue weighted by Crippen LogP contribution is 2.24. The first kappa shape index (κ1) is 13.8. The van der Waals surface area contributed by atoms with Crippen molar-refractivity contribution >= 4 is 5.97 Å². The van der Waals surface area contributed by atoms with Gasteiger partial charge in [0.25, 0.3) is 0 Å². The molecule has 0 aromatic heterocycles. The van der Waals surface area contributed by atoms with Crippen LogP contribution < -0.4 is 10.1 Å². The molecule has 1 atom stereocenters. The fourth-order valence-electron chi connectivity index (χ4n) is 1.84. The first-order valence-electron chi connectivity index (χ1n) is 6.31. The van der Waals surface area contributed by atoms with Crippen molar-refractivity contribution in [3.8, 4) is 5.75 Å². The van der Waals surface area contributed by atoms with Gasteiger partial charge in [0, 0.05) is 6.04 Å². The largest absolute Gasteiger partial charge is 0.491 e. The molecule has 0 bridgehead atoms. The van der Waals surface area contributed by atoms with Gasteiger partial charge >= 0.3 is 5.97 Å². The lowest BCUT2D eigenvalue weighted by molar-refractivity contribution is -0.145. The summed E-state index contributed by atoms with van der Waals surface area (Å²) in [6.45, 7) is 3.34. The lowest BCUT2D eigenvalue weighted by Gasteiger charge is -2.26. The van der Waals surface area contributed by atoms with Crippen LogP contribution in [0.25, 0.3) is 0 Å². The second-order valence-electron chi connectivity index (χ2n) is 5.25. The predicted octanol–water partition coefficient (Wildman–Crippen LogP) is 2.11. The number of benzene rings is 1. The maximum Gasteiger partial charge on any atom is 0.327 e. The van der Waals surface area contributed by atoms with Crippen LogP contribution in [-0.4, -0.2) is 29.3 Å². The van der Waals surface area contributed by atoms with Crippen LogP contribution in [0.1, 0.15) is 25.3 Å². The molecule has 104 valence electrons. The van der Waals surface area contributed by atoms with Crippen molar-refractivity contribution in [2.75, 3.05) is 6.61 Å². The minimum absolute atomic E-state index is 0.00526. The van der Waals surface area contributed by atoms with E-state index in [1.54, 1.807) is 13.8 Å². The lowest BCUT2D eigenvalue weighted by Crippen LogP contribution is -2.54. The van der Waals surface area contributed by atoms with Crippen LogP contribution in [0.3, 0.4) is 0 Å². The molecule has 2 N–H and O–H groups in total. The summed E-state index contributed by atoms with van der Waals surface area (Å²) in [5.74, 6) is -0.771. The molecule has 0 heterocycles. The molecule has 2 rings (SSSR count). The third-order valence-corrected chi connectivity index (χ3v) is 3.23. The van der Waals surface area contributed by atoms with Gasteiger partial charge in [-0.2, -0.15) is 0 Å². The molecule has 1 fully saturated rings. The van der Waals surface area contributed by atoms with Crippen molar-refractivity contribution in [1.82, 2.24) is 5.32 Å². The number of nitrogens with one attached hydrogen (secondary N) is 1. The van der Waals surface area contributed by atoms with Gasteiger partial charge in [0.2, 0.25) is 0 Å². The Morgan fingerprint density at radius 1 is 1.58 bits per heavy atom. The molecule has 0 amide bonds. The van der Waals surface area contributed by atoms with Crippen LogP contribution in [0.2, 0.25) is 0 Å². The van der Waals surface area contributed by atoms with E-state index in [1.165, 1.54) is 18.2 Å². The minimum atomic E-state index is -1.12. The summed E-state index contributed by atoms with van der Waals surface area (Å²) in [7, 11) is 0. The van der Waals surface area contributed by atoms with Gasteiger partial charge in [0.05, 0.1) is 0 Å². The molecular formula is C14H18FNO3. The number of carbonyl (C=O) groups is 1. The van der Waals surface area contributed by atoms with Crippen molar-refractivity contribution in [1.29, 1.82) is 0 Å². The Bertz CT molecular complexity index is 488. The highest BCUT2D eigenvalue weighted by Gasteiger charge is 2.39. The van der Waals surface area contributed by atoms with Gasteiger partial charge < -0.3 is 9.84 Å². The van der Waals surface area contributed by atoms with Gasteiger partial charge in [0.15, 0.2) is 0 Å². The van der Waals surface area contributed by atoms with Crippen LogP contribution in [0.15, 0.2) is 18.2 Å². The first-order valence-corrected chi connectivity index (χ1v) is 6.31. The molecule has 1 aliphatic carbocycles. The Morgan fingerprint density at radius 2 is 2.26 bits per heavy atom. The van der Waals surface area contributed by atoms with E-state index >= 15 is 0 Å². The van der Waals surface area contributed by atoms with Gasteiger partial charge in [-0.25, -0.2) is 4.39 Å². The molecule has 0 spiro atoms. The average Bonchev–Trinajstić information content (AvgIpc) is 3.11. The number of hydrogen-bond acceptors (Lipinski definition) is 3. The topological polar surface area (TPSA) is 58.6 Å². The normalized spacial score (nSPS) is 17.8. The second kappa shape index (κ2) is 5.17. The average molecular weight is 267 g/mol. The monoisotopic (exact) mass is 267 g/mol. The zero-order valence-electron chi connectivity index (χ0n) is 11.1. The molecule has 1 aromatic carbocycles. The number of ether oxygens (including phenoxy) is 1. The molecule has 1 unspecified atom stereocenters. The zero-order valence-corrected chi connectivity index (χ0v) is 11.1. The van der Waals surface area contributed by atoms with Crippen LogP contribution >= 0.6 is 0 Å². The molecule has 4 nitrogen and oxygen atoms in total. The molecule has 0 saturated heterocycles. The number of hydrogen-bond donors (Lipinski definition) is 2. The summed E-state index contributed by atoms with van der Waals surface area (Å²) in [4.78, 5) is 11.3. The summed E-state index contributed by atoms with van der Waals surface area (Å²) < 4.78 is 18.5. The highest BCUT2D eigenvalue weighted by molar-refractivity contribution is 5.78. The molecule has 1 aromatic rings. The second-order valence-corrected chi connectivity index (χ2v) is 5.25. The van der Waals surface area contributed by atoms with E-state index in [9.17, 15) is 14.3 Å². The number of carboxylic acid groups (broad SMARTS) is 1. The third-order valence-electron chi connectivity index (χ3n) is 3.23. The number of rotatable bonds is 6. The van der Waals surface area contributed by atoms with Crippen molar-refractivity contribution in [3.63, 3.8) is 0 Å². The van der Waals surface area contributed by atoms with Gasteiger partial charge in [-0.15, -0.1) is 0 Å². The molecule has 0 aliphatic heterocycles.